The normalized spacial score (nSPS) is 15.0. The second-order valence-corrected chi connectivity index (χ2v) is 5.59. The molecular weight excluding hydrogens is 192 g/mol. The zero-order valence-corrected chi connectivity index (χ0v) is 12.2. The fourth-order valence-corrected chi connectivity index (χ4v) is 2.43. The molecule has 0 fully saturated rings. The van der Waals surface area contributed by atoms with Crippen molar-refractivity contribution in [2.24, 2.45) is 11.8 Å². The van der Waals surface area contributed by atoms with Crippen LogP contribution in [-0.2, 0) is 0 Å². The summed E-state index contributed by atoms with van der Waals surface area (Å²) in [5, 5.41) is 0. The first-order chi connectivity index (χ1) is 7.74. The summed E-state index contributed by atoms with van der Waals surface area (Å²) in [6, 6.07) is 0. The van der Waals surface area contributed by atoms with Crippen molar-refractivity contribution in [2.75, 3.05) is 0 Å². The van der Waals surface area contributed by atoms with E-state index in [0.717, 1.165) is 11.8 Å². The Balaban J connectivity index is 3.61. The Bertz CT molecular complexity index is 128. The maximum atomic E-state index is 2.40. The van der Waals surface area contributed by atoms with Crippen LogP contribution in [0.3, 0.4) is 0 Å². The first kappa shape index (κ1) is 16.0. The van der Waals surface area contributed by atoms with E-state index >= 15 is 0 Å². The van der Waals surface area contributed by atoms with Crippen molar-refractivity contribution in [1.82, 2.24) is 0 Å². The predicted octanol–water partition coefficient (Wildman–Crippen LogP) is 6.20. The van der Waals surface area contributed by atoms with Crippen molar-refractivity contribution >= 4 is 0 Å². The Hall–Kier alpha value is 0. The monoisotopic (exact) mass is 226 g/mol. The standard InChI is InChI=1S/C16H34/c1-5-8-9-10-12-16(11-6-2)14-13-15(4)7-3/h15-16H,5-14H2,1-4H3. The van der Waals surface area contributed by atoms with Crippen molar-refractivity contribution in [3.8, 4) is 0 Å². The zero-order chi connectivity index (χ0) is 12.2. The molecule has 0 saturated carbocycles. The lowest BCUT2D eigenvalue weighted by atomic mass is 9.88. The van der Waals surface area contributed by atoms with Crippen molar-refractivity contribution in [1.29, 1.82) is 0 Å². The smallest absolute Gasteiger partial charge is 0.0414 e. The van der Waals surface area contributed by atoms with Crippen molar-refractivity contribution in [2.45, 2.75) is 91.9 Å². The van der Waals surface area contributed by atoms with E-state index in [0.29, 0.717) is 0 Å². The maximum absolute atomic E-state index is 2.40. The summed E-state index contributed by atoms with van der Waals surface area (Å²) in [5.74, 6) is 1.96. The zero-order valence-electron chi connectivity index (χ0n) is 12.2. The second kappa shape index (κ2) is 11.5. The lowest BCUT2D eigenvalue weighted by Crippen LogP contribution is -2.03. The van der Waals surface area contributed by atoms with Crippen molar-refractivity contribution < 1.29 is 0 Å². The van der Waals surface area contributed by atoms with Crippen molar-refractivity contribution in [3.63, 3.8) is 0 Å². The molecule has 0 saturated heterocycles. The molecule has 0 radical (unpaired) electrons. The fraction of sp³-hybridized carbons (Fsp3) is 1.00. The molecule has 2 atom stereocenters. The Kier molecular flexibility index (Phi) is 11.5. The molecule has 0 nitrogen and oxygen atoms in total. The summed E-state index contributed by atoms with van der Waals surface area (Å²) in [4.78, 5) is 0. The van der Waals surface area contributed by atoms with Gasteiger partial charge in [0.1, 0.15) is 0 Å². The van der Waals surface area contributed by atoms with Gasteiger partial charge in [0.05, 0.1) is 0 Å². The van der Waals surface area contributed by atoms with Gasteiger partial charge in [0.25, 0.3) is 0 Å². The fourth-order valence-electron chi connectivity index (χ4n) is 2.43. The molecule has 0 aliphatic carbocycles. The molecule has 0 amide bonds. The van der Waals surface area contributed by atoms with Gasteiger partial charge in [0.2, 0.25) is 0 Å². The third-order valence-corrected chi connectivity index (χ3v) is 3.93. The van der Waals surface area contributed by atoms with E-state index in [1.54, 1.807) is 0 Å². The minimum atomic E-state index is 0.940. The molecule has 0 heteroatoms. The summed E-state index contributed by atoms with van der Waals surface area (Å²) >= 11 is 0. The van der Waals surface area contributed by atoms with Gasteiger partial charge < -0.3 is 0 Å². The van der Waals surface area contributed by atoms with Crippen LogP contribution in [0.1, 0.15) is 91.9 Å². The largest absolute Gasteiger partial charge is 0.0654 e. The van der Waals surface area contributed by atoms with Gasteiger partial charge in [-0.25, -0.2) is 0 Å². The molecule has 0 aromatic rings. The molecule has 0 aromatic carbocycles. The van der Waals surface area contributed by atoms with E-state index < -0.39 is 0 Å². The molecule has 2 unspecified atom stereocenters. The number of hydrogen-bond donors (Lipinski definition) is 0. The van der Waals surface area contributed by atoms with Crippen LogP contribution in [0.25, 0.3) is 0 Å². The van der Waals surface area contributed by atoms with E-state index in [2.05, 4.69) is 27.7 Å². The van der Waals surface area contributed by atoms with Crippen LogP contribution in [0, 0.1) is 11.8 Å². The van der Waals surface area contributed by atoms with Crippen LogP contribution in [-0.4, -0.2) is 0 Å². The van der Waals surface area contributed by atoms with E-state index in [1.165, 1.54) is 64.2 Å². The van der Waals surface area contributed by atoms with Gasteiger partial charge in [-0.3, -0.25) is 0 Å². The number of unbranched alkanes of at least 4 members (excludes halogenated alkanes) is 3. The first-order valence-electron chi connectivity index (χ1n) is 7.74. The highest BCUT2D eigenvalue weighted by Gasteiger charge is 2.09. The molecule has 0 bridgehead atoms. The second-order valence-electron chi connectivity index (χ2n) is 5.59. The van der Waals surface area contributed by atoms with Crippen LogP contribution in [0.2, 0.25) is 0 Å². The molecule has 16 heavy (non-hydrogen) atoms. The molecule has 0 rings (SSSR count). The maximum Gasteiger partial charge on any atom is -0.0414 e. The number of rotatable bonds is 11. The number of hydrogen-bond acceptors (Lipinski definition) is 0. The summed E-state index contributed by atoms with van der Waals surface area (Å²) in [6.07, 6.45) is 14.3. The SMILES string of the molecule is CCCCCCC(CCC)CCC(C)CC. The van der Waals surface area contributed by atoms with Gasteiger partial charge in [-0.1, -0.05) is 91.9 Å². The lowest BCUT2D eigenvalue weighted by molar-refractivity contribution is 0.351. The predicted molar refractivity (Wildman–Crippen MR) is 75.8 cm³/mol. The average Bonchev–Trinajstić information content (AvgIpc) is 2.30. The van der Waals surface area contributed by atoms with Crippen LogP contribution < -0.4 is 0 Å². The highest BCUT2D eigenvalue weighted by atomic mass is 14.1. The Labute approximate surface area is 104 Å². The van der Waals surface area contributed by atoms with E-state index in [9.17, 15) is 0 Å². The van der Waals surface area contributed by atoms with E-state index in [-0.39, 0.29) is 0 Å². The third-order valence-electron chi connectivity index (χ3n) is 3.93. The minimum Gasteiger partial charge on any atom is -0.0654 e. The summed E-state index contributed by atoms with van der Waals surface area (Å²) in [7, 11) is 0. The topological polar surface area (TPSA) is 0 Å². The molecule has 0 aromatic heterocycles. The molecule has 0 aliphatic rings. The van der Waals surface area contributed by atoms with Gasteiger partial charge in [0.15, 0.2) is 0 Å². The third kappa shape index (κ3) is 9.24. The van der Waals surface area contributed by atoms with Crippen LogP contribution in [0.15, 0.2) is 0 Å². The Morgan fingerprint density at radius 2 is 1.44 bits per heavy atom. The highest BCUT2D eigenvalue weighted by molar-refractivity contribution is 4.62. The summed E-state index contributed by atoms with van der Waals surface area (Å²) < 4.78 is 0. The molecule has 0 spiro atoms. The van der Waals surface area contributed by atoms with Gasteiger partial charge in [-0.05, 0) is 11.8 Å². The summed E-state index contributed by atoms with van der Waals surface area (Å²) in [6.45, 7) is 9.36. The van der Waals surface area contributed by atoms with Gasteiger partial charge in [-0.2, -0.15) is 0 Å². The summed E-state index contributed by atoms with van der Waals surface area (Å²) in [5.41, 5.74) is 0. The Morgan fingerprint density at radius 1 is 0.688 bits per heavy atom. The molecule has 0 aliphatic heterocycles. The van der Waals surface area contributed by atoms with Gasteiger partial charge >= 0.3 is 0 Å². The van der Waals surface area contributed by atoms with Crippen LogP contribution in [0.4, 0.5) is 0 Å². The van der Waals surface area contributed by atoms with E-state index in [4.69, 9.17) is 0 Å². The molecular formula is C16H34. The Morgan fingerprint density at radius 3 is 2.00 bits per heavy atom. The van der Waals surface area contributed by atoms with Crippen LogP contribution in [0.5, 0.6) is 0 Å². The van der Waals surface area contributed by atoms with Crippen molar-refractivity contribution in [3.05, 3.63) is 0 Å². The molecule has 0 heterocycles. The van der Waals surface area contributed by atoms with Crippen LogP contribution >= 0.6 is 0 Å². The highest BCUT2D eigenvalue weighted by Crippen LogP contribution is 2.24. The first-order valence-corrected chi connectivity index (χ1v) is 7.74. The molecule has 98 valence electrons. The lowest BCUT2D eigenvalue weighted by Gasteiger charge is -2.18. The van der Waals surface area contributed by atoms with E-state index in [1.807, 2.05) is 0 Å². The van der Waals surface area contributed by atoms with Gasteiger partial charge in [-0.15, -0.1) is 0 Å². The molecule has 0 N–H and O–H groups in total. The average molecular weight is 226 g/mol. The quantitative estimate of drug-likeness (QED) is 0.368. The van der Waals surface area contributed by atoms with Gasteiger partial charge in [0, 0.05) is 0 Å². The minimum absolute atomic E-state index is 0.940.